The van der Waals surface area contributed by atoms with Gasteiger partial charge in [-0.15, -0.1) is 11.3 Å². The van der Waals surface area contributed by atoms with E-state index in [1.807, 2.05) is 11.3 Å². The molecule has 84 valence electrons. The minimum atomic E-state index is 0.539. The van der Waals surface area contributed by atoms with Gasteiger partial charge in [-0.3, -0.25) is 0 Å². The molecule has 1 aromatic heterocycles. The van der Waals surface area contributed by atoms with E-state index in [0.29, 0.717) is 10.2 Å². The first kappa shape index (κ1) is 11.7. The van der Waals surface area contributed by atoms with Crippen LogP contribution in [0.1, 0.15) is 53.6 Å². The van der Waals surface area contributed by atoms with E-state index in [4.69, 9.17) is 0 Å². The summed E-state index contributed by atoms with van der Waals surface area (Å²) >= 11 is 5.90. The molecule has 0 spiro atoms. The number of hydrogen-bond acceptors (Lipinski definition) is 1. The van der Waals surface area contributed by atoms with Gasteiger partial charge in [0.15, 0.2) is 0 Å². The molecule has 0 amide bonds. The highest BCUT2D eigenvalue weighted by Gasteiger charge is 2.39. The average molecular weight is 287 g/mol. The van der Waals surface area contributed by atoms with Crippen LogP contribution in [0.5, 0.6) is 0 Å². The van der Waals surface area contributed by atoms with Gasteiger partial charge in [0.25, 0.3) is 0 Å². The van der Waals surface area contributed by atoms with Crippen molar-refractivity contribution in [2.24, 2.45) is 5.41 Å². The van der Waals surface area contributed by atoms with Crippen LogP contribution < -0.4 is 0 Å². The molecule has 0 aliphatic heterocycles. The molecule has 0 bridgehead atoms. The standard InChI is InChI=1S/C13H19BrS/c1-3-13(8-4-5-9-13)12(14)11-7-6-10(2)15-11/h6-7,12H,3-5,8-9H2,1-2H3. The summed E-state index contributed by atoms with van der Waals surface area (Å²) in [6.07, 6.45) is 6.94. The van der Waals surface area contributed by atoms with Crippen LogP contribution in [0, 0.1) is 12.3 Å². The van der Waals surface area contributed by atoms with Crippen LogP contribution in [0.15, 0.2) is 12.1 Å². The van der Waals surface area contributed by atoms with Gasteiger partial charge in [0.05, 0.1) is 4.83 Å². The second-order valence-electron chi connectivity index (χ2n) is 4.73. The number of rotatable bonds is 3. The maximum atomic E-state index is 3.95. The Morgan fingerprint density at radius 2 is 2.07 bits per heavy atom. The lowest BCUT2D eigenvalue weighted by Crippen LogP contribution is -2.20. The van der Waals surface area contributed by atoms with Gasteiger partial charge >= 0.3 is 0 Å². The van der Waals surface area contributed by atoms with E-state index < -0.39 is 0 Å². The van der Waals surface area contributed by atoms with Gasteiger partial charge in [-0.1, -0.05) is 35.7 Å². The van der Waals surface area contributed by atoms with Crippen LogP contribution in [-0.2, 0) is 0 Å². The summed E-state index contributed by atoms with van der Waals surface area (Å²) in [5.41, 5.74) is 0.539. The fourth-order valence-corrected chi connectivity index (χ4v) is 4.97. The second-order valence-corrected chi connectivity index (χ2v) is 6.97. The van der Waals surface area contributed by atoms with Gasteiger partial charge in [0.2, 0.25) is 0 Å². The summed E-state index contributed by atoms with van der Waals surface area (Å²) in [4.78, 5) is 3.53. The predicted octanol–water partition coefficient (Wildman–Crippen LogP) is 5.46. The number of halogens is 1. The smallest absolute Gasteiger partial charge is 0.0545 e. The Bertz CT molecular complexity index is 323. The summed E-state index contributed by atoms with van der Waals surface area (Å²) in [5, 5.41) is 0. The van der Waals surface area contributed by atoms with Crippen LogP contribution >= 0.6 is 27.3 Å². The Labute approximate surface area is 105 Å². The molecule has 1 fully saturated rings. The van der Waals surface area contributed by atoms with Crippen LogP contribution in [-0.4, -0.2) is 0 Å². The lowest BCUT2D eigenvalue weighted by molar-refractivity contribution is 0.281. The van der Waals surface area contributed by atoms with Crippen molar-refractivity contribution in [3.05, 3.63) is 21.9 Å². The van der Waals surface area contributed by atoms with E-state index in [-0.39, 0.29) is 0 Å². The molecule has 0 saturated heterocycles. The monoisotopic (exact) mass is 286 g/mol. The van der Waals surface area contributed by atoms with E-state index in [0.717, 1.165) is 0 Å². The third kappa shape index (κ3) is 2.16. The Hall–Kier alpha value is 0.180. The highest BCUT2D eigenvalue weighted by Crippen LogP contribution is 2.55. The van der Waals surface area contributed by atoms with Gasteiger partial charge < -0.3 is 0 Å². The Morgan fingerprint density at radius 1 is 1.40 bits per heavy atom. The lowest BCUT2D eigenvalue weighted by Gasteiger charge is -2.32. The van der Waals surface area contributed by atoms with Crippen molar-refractivity contribution in [1.29, 1.82) is 0 Å². The largest absolute Gasteiger partial charge is 0.145 e. The normalized spacial score (nSPS) is 21.8. The van der Waals surface area contributed by atoms with Crippen LogP contribution in [0.3, 0.4) is 0 Å². The van der Waals surface area contributed by atoms with Crippen molar-refractivity contribution in [2.75, 3.05) is 0 Å². The predicted molar refractivity (Wildman–Crippen MR) is 71.9 cm³/mol. The van der Waals surface area contributed by atoms with Crippen molar-refractivity contribution in [2.45, 2.75) is 50.8 Å². The summed E-state index contributed by atoms with van der Waals surface area (Å²) in [6, 6.07) is 4.54. The van der Waals surface area contributed by atoms with E-state index in [9.17, 15) is 0 Å². The molecule has 2 heteroatoms. The SMILES string of the molecule is CCC1(C(Br)c2ccc(C)s2)CCCC1. The van der Waals surface area contributed by atoms with Crippen molar-refractivity contribution in [1.82, 2.24) is 0 Å². The first-order valence-corrected chi connectivity index (χ1v) is 7.61. The molecule has 1 aliphatic rings. The van der Waals surface area contributed by atoms with E-state index in [1.54, 1.807) is 0 Å². The Morgan fingerprint density at radius 3 is 2.53 bits per heavy atom. The van der Waals surface area contributed by atoms with Crippen molar-refractivity contribution >= 4 is 27.3 Å². The molecule has 1 aromatic rings. The minimum absolute atomic E-state index is 0.539. The molecule has 1 atom stereocenters. The number of aryl methyl sites for hydroxylation is 1. The highest BCUT2D eigenvalue weighted by atomic mass is 79.9. The average Bonchev–Trinajstić information content (AvgIpc) is 2.86. The van der Waals surface area contributed by atoms with E-state index in [1.165, 1.54) is 41.9 Å². The fraction of sp³-hybridized carbons (Fsp3) is 0.692. The van der Waals surface area contributed by atoms with Gasteiger partial charge in [0.1, 0.15) is 0 Å². The zero-order valence-corrected chi connectivity index (χ0v) is 12.0. The molecule has 1 unspecified atom stereocenters. The Kier molecular flexibility index (Phi) is 3.56. The maximum Gasteiger partial charge on any atom is 0.0545 e. The minimum Gasteiger partial charge on any atom is -0.145 e. The van der Waals surface area contributed by atoms with E-state index >= 15 is 0 Å². The topological polar surface area (TPSA) is 0 Å². The molecule has 0 nitrogen and oxygen atoms in total. The molecule has 1 heterocycles. The molecule has 2 rings (SSSR count). The second kappa shape index (κ2) is 4.58. The fourth-order valence-electron chi connectivity index (χ4n) is 2.76. The third-order valence-electron chi connectivity index (χ3n) is 3.85. The van der Waals surface area contributed by atoms with Crippen molar-refractivity contribution < 1.29 is 0 Å². The highest BCUT2D eigenvalue weighted by molar-refractivity contribution is 9.09. The lowest BCUT2D eigenvalue weighted by atomic mass is 9.79. The van der Waals surface area contributed by atoms with Crippen molar-refractivity contribution in [3.8, 4) is 0 Å². The molecule has 0 N–H and O–H groups in total. The quantitative estimate of drug-likeness (QED) is 0.647. The number of thiophene rings is 1. The zero-order chi connectivity index (χ0) is 10.9. The van der Waals surface area contributed by atoms with Gasteiger partial charge in [0, 0.05) is 9.75 Å². The summed E-state index contributed by atoms with van der Waals surface area (Å²) < 4.78 is 0. The summed E-state index contributed by atoms with van der Waals surface area (Å²) in [6.45, 7) is 4.54. The van der Waals surface area contributed by atoms with Crippen molar-refractivity contribution in [3.63, 3.8) is 0 Å². The Balaban J connectivity index is 2.21. The van der Waals surface area contributed by atoms with Gasteiger partial charge in [-0.2, -0.15) is 0 Å². The first-order valence-electron chi connectivity index (χ1n) is 5.88. The molecule has 15 heavy (non-hydrogen) atoms. The number of hydrogen-bond donors (Lipinski definition) is 0. The van der Waals surface area contributed by atoms with Gasteiger partial charge in [-0.05, 0) is 43.7 Å². The number of alkyl halides is 1. The molecular formula is C13H19BrS. The first-order chi connectivity index (χ1) is 7.18. The molecule has 0 aromatic carbocycles. The van der Waals surface area contributed by atoms with Crippen LogP contribution in [0.2, 0.25) is 0 Å². The molecule has 0 radical (unpaired) electrons. The third-order valence-corrected chi connectivity index (χ3v) is 6.69. The summed E-state index contributed by atoms with van der Waals surface area (Å²) in [7, 11) is 0. The zero-order valence-electron chi connectivity index (χ0n) is 9.55. The molecule has 1 aliphatic carbocycles. The summed E-state index contributed by atoms with van der Waals surface area (Å²) in [5.74, 6) is 0. The van der Waals surface area contributed by atoms with E-state index in [2.05, 4.69) is 41.9 Å². The molecular weight excluding hydrogens is 268 g/mol. The maximum absolute atomic E-state index is 3.95. The van der Waals surface area contributed by atoms with Gasteiger partial charge in [-0.25, -0.2) is 0 Å². The molecule has 1 saturated carbocycles. The van der Waals surface area contributed by atoms with Crippen LogP contribution in [0.4, 0.5) is 0 Å². The van der Waals surface area contributed by atoms with Crippen LogP contribution in [0.25, 0.3) is 0 Å².